The SMILES string of the molecule is CC1(C)c2ccccc2-c2cc3c(cc21)-c1ccc(-c2cccc(-c4cc(-c5ccc(-c6nc7ccccc7o6)cc5)cc(-c5ccc(-c6nc7ccccc7o6)cc5)c4)c2)cc1C3(C)C. The van der Waals surface area contributed by atoms with Crippen molar-refractivity contribution >= 4 is 22.2 Å². The van der Waals surface area contributed by atoms with Gasteiger partial charge in [-0.1, -0.05) is 131 Å². The topological polar surface area (TPSA) is 52.1 Å². The van der Waals surface area contributed by atoms with Crippen molar-refractivity contribution in [1.82, 2.24) is 9.97 Å². The third-order valence-corrected chi connectivity index (χ3v) is 14.4. The second-order valence-corrected chi connectivity index (χ2v) is 19.0. The van der Waals surface area contributed by atoms with E-state index >= 15 is 0 Å². The monoisotopic (exact) mass is 848 g/mol. The predicted octanol–water partition coefficient (Wildman–Crippen LogP) is 16.6. The largest absolute Gasteiger partial charge is 0.436 e. The first-order valence-electron chi connectivity index (χ1n) is 22.8. The molecule has 2 aromatic heterocycles. The second kappa shape index (κ2) is 14.2. The van der Waals surface area contributed by atoms with E-state index in [2.05, 4.69) is 173 Å². The second-order valence-electron chi connectivity index (χ2n) is 19.0. The lowest BCUT2D eigenvalue weighted by molar-refractivity contribution is 0.619. The van der Waals surface area contributed by atoms with Gasteiger partial charge in [-0.2, -0.15) is 0 Å². The van der Waals surface area contributed by atoms with Crippen LogP contribution in [0.4, 0.5) is 0 Å². The van der Waals surface area contributed by atoms with Crippen LogP contribution in [0.25, 0.3) is 112 Å². The van der Waals surface area contributed by atoms with Crippen molar-refractivity contribution in [1.29, 1.82) is 0 Å². The molecule has 0 amide bonds. The van der Waals surface area contributed by atoms with Crippen LogP contribution in [0.1, 0.15) is 49.9 Å². The van der Waals surface area contributed by atoms with E-state index in [9.17, 15) is 0 Å². The third-order valence-electron chi connectivity index (χ3n) is 14.4. The Bertz CT molecular complexity index is 3550. The minimum atomic E-state index is -0.149. The van der Waals surface area contributed by atoms with Gasteiger partial charge in [0.2, 0.25) is 11.8 Å². The van der Waals surface area contributed by atoms with E-state index in [4.69, 9.17) is 18.8 Å². The van der Waals surface area contributed by atoms with E-state index in [1.165, 1.54) is 55.6 Å². The summed E-state index contributed by atoms with van der Waals surface area (Å²) < 4.78 is 12.3. The van der Waals surface area contributed by atoms with Gasteiger partial charge >= 0.3 is 0 Å². The van der Waals surface area contributed by atoms with E-state index in [0.717, 1.165) is 66.7 Å². The number of aromatic nitrogens is 2. The van der Waals surface area contributed by atoms with Crippen LogP contribution >= 0.6 is 0 Å². The molecule has 11 aromatic rings. The molecule has 0 atom stereocenters. The van der Waals surface area contributed by atoms with Crippen molar-refractivity contribution in [2.24, 2.45) is 0 Å². The number of para-hydroxylation sites is 4. The predicted molar refractivity (Wildman–Crippen MR) is 269 cm³/mol. The molecule has 0 radical (unpaired) electrons. The van der Waals surface area contributed by atoms with Crippen molar-refractivity contribution in [3.8, 4) is 89.7 Å². The van der Waals surface area contributed by atoms with Gasteiger partial charge in [0, 0.05) is 22.0 Å². The van der Waals surface area contributed by atoms with Crippen molar-refractivity contribution in [2.45, 2.75) is 38.5 Å². The Morgan fingerprint density at radius 1 is 0.288 bits per heavy atom. The zero-order chi connectivity index (χ0) is 44.3. The number of oxazole rings is 2. The van der Waals surface area contributed by atoms with Crippen molar-refractivity contribution < 1.29 is 8.83 Å². The Morgan fingerprint density at radius 2 is 0.682 bits per heavy atom. The number of hydrogen-bond donors (Lipinski definition) is 0. The van der Waals surface area contributed by atoms with Gasteiger partial charge in [0.1, 0.15) is 11.0 Å². The Balaban J connectivity index is 0.880. The molecule has 0 saturated heterocycles. The Kier molecular flexibility index (Phi) is 8.26. The number of fused-ring (bicyclic) bond motifs is 8. The number of hydrogen-bond acceptors (Lipinski definition) is 4. The smallest absolute Gasteiger partial charge is 0.227 e. The van der Waals surface area contributed by atoms with E-state index in [-0.39, 0.29) is 10.8 Å². The normalized spacial score (nSPS) is 14.0. The Morgan fingerprint density at radius 3 is 1.24 bits per heavy atom. The third kappa shape index (κ3) is 5.98. The van der Waals surface area contributed by atoms with Crippen LogP contribution in [-0.2, 0) is 10.8 Å². The fourth-order valence-corrected chi connectivity index (χ4v) is 10.7. The van der Waals surface area contributed by atoms with Gasteiger partial charge in [-0.25, -0.2) is 9.97 Å². The van der Waals surface area contributed by atoms with E-state index in [0.29, 0.717) is 11.8 Å². The molecule has 0 spiro atoms. The highest BCUT2D eigenvalue weighted by Gasteiger charge is 2.41. The van der Waals surface area contributed by atoms with Crippen LogP contribution in [0.2, 0.25) is 0 Å². The summed E-state index contributed by atoms with van der Waals surface area (Å²) in [6.45, 7) is 9.52. The molecule has 0 N–H and O–H groups in total. The van der Waals surface area contributed by atoms with Crippen molar-refractivity contribution in [2.75, 3.05) is 0 Å². The minimum Gasteiger partial charge on any atom is -0.436 e. The molecule has 314 valence electrons. The van der Waals surface area contributed by atoms with Gasteiger partial charge in [-0.15, -0.1) is 0 Å². The van der Waals surface area contributed by atoms with Crippen LogP contribution in [0.5, 0.6) is 0 Å². The number of benzene rings is 9. The lowest BCUT2D eigenvalue weighted by Gasteiger charge is -2.24. The highest BCUT2D eigenvalue weighted by molar-refractivity contribution is 5.91. The quantitative estimate of drug-likeness (QED) is 0.167. The molecule has 4 heteroatoms. The van der Waals surface area contributed by atoms with E-state index in [1.54, 1.807) is 0 Å². The zero-order valence-corrected chi connectivity index (χ0v) is 37.2. The highest BCUT2D eigenvalue weighted by Crippen LogP contribution is 2.56. The maximum Gasteiger partial charge on any atom is 0.227 e. The van der Waals surface area contributed by atoms with Crippen LogP contribution in [-0.4, -0.2) is 9.97 Å². The van der Waals surface area contributed by atoms with E-state index in [1.807, 2.05) is 48.5 Å². The molecular formula is C62H44N2O2. The summed E-state index contributed by atoms with van der Waals surface area (Å²) in [5.74, 6) is 1.23. The fourth-order valence-electron chi connectivity index (χ4n) is 10.7. The fraction of sp³-hybridized carbons (Fsp3) is 0.0968. The maximum absolute atomic E-state index is 6.13. The van der Waals surface area contributed by atoms with Gasteiger partial charge < -0.3 is 8.83 Å². The average molecular weight is 849 g/mol. The standard InChI is InChI=1S/C62H44N2O2/c1-61(2)51-15-6-5-14-47(51)49-35-54-50(36-53(49)61)48-29-28-43(34-52(48)62(54,3)4)41-12-11-13-42(30-41)46-32-44(37-20-24-39(25-21-37)59-63-55-16-7-9-18-57(55)65-59)31-45(33-46)38-22-26-40(27-23-38)60-64-56-17-8-10-19-58(56)66-60/h5-36H,1-4H3. The van der Waals surface area contributed by atoms with Crippen molar-refractivity contribution in [3.63, 3.8) is 0 Å². The first-order valence-corrected chi connectivity index (χ1v) is 22.8. The van der Waals surface area contributed by atoms with Gasteiger partial charge in [-0.05, 0) is 180 Å². The van der Waals surface area contributed by atoms with Gasteiger partial charge in [-0.3, -0.25) is 0 Å². The van der Waals surface area contributed by atoms with Crippen molar-refractivity contribution in [3.05, 3.63) is 216 Å². The summed E-state index contributed by atoms with van der Waals surface area (Å²) in [7, 11) is 0. The minimum absolute atomic E-state index is 0.0434. The molecule has 2 aliphatic carbocycles. The highest BCUT2D eigenvalue weighted by atomic mass is 16.4. The summed E-state index contributed by atoms with van der Waals surface area (Å²) in [4.78, 5) is 9.50. The van der Waals surface area contributed by atoms with Crippen LogP contribution in [0.3, 0.4) is 0 Å². The van der Waals surface area contributed by atoms with E-state index < -0.39 is 0 Å². The number of nitrogens with zero attached hydrogens (tertiary/aromatic N) is 2. The molecule has 9 aromatic carbocycles. The first-order chi connectivity index (χ1) is 32.2. The zero-order valence-electron chi connectivity index (χ0n) is 37.2. The molecule has 0 unspecified atom stereocenters. The Hall–Kier alpha value is -8.08. The molecule has 13 rings (SSSR count). The molecule has 0 aliphatic heterocycles. The lowest BCUT2D eigenvalue weighted by atomic mass is 9.79. The summed E-state index contributed by atoms with van der Waals surface area (Å²) in [6.07, 6.45) is 0. The molecule has 2 aliphatic rings. The summed E-state index contributed by atoms with van der Waals surface area (Å²) >= 11 is 0. The molecule has 2 heterocycles. The molecule has 0 bridgehead atoms. The average Bonchev–Trinajstić information content (AvgIpc) is 4.11. The summed E-state index contributed by atoms with van der Waals surface area (Å²) in [6, 6.07) is 69.8. The van der Waals surface area contributed by atoms with Crippen LogP contribution in [0, 0.1) is 0 Å². The molecule has 0 saturated carbocycles. The number of rotatable bonds is 6. The molecule has 0 fully saturated rings. The van der Waals surface area contributed by atoms with Gasteiger partial charge in [0.25, 0.3) is 0 Å². The van der Waals surface area contributed by atoms with Crippen LogP contribution in [0.15, 0.2) is 203 Å². The van der Waals surface area contributed by atoms with Crippen LogP contribution < -0.4 is 0 Å². The molecular weight excluding hydrogens is 805 g/mol. The molecule has 66 heavy (non-hydrogen) atoms. The first kappa shape index (κ1) is 38.4. The summed E-state index contributed by atoms with van der Waals surface area (Å²) in [5, 5.41) is 0. The van der Waals surface area contributed by atoms with Gasteiger partial charge in [0.15, 0.2) is 11.2 Å². The maximum atomic E-state index is 6.13. The summed E-state index contributed by atoms with van der Waals surface area (Å²) in [5.41, 5.74) is 25.2. The lowest BCUT2D eigenvalue weighted by Crippen LogP contribution is -2.17. The van der Waals surface area contributed by atoms with Gasteiger partial charge in [0.05, 0.1) is 0 Å². The molecule has 4 nitrogen and oxygen atoms in total. The Labute approximate surface area is 383 Å².